The molecule has 0 amide bonds. The van der Waals surface area contributed by atoms with Crippen molar-refractivity contribution < 1.29 is 24.8 Å². The van der Waals surface area contributed by atoms with Crippen LogP contribution in [-0.2, 0) is 14.5 Å². The van der Waals surface area contributed by atoms with Gasteiger partial charge in [0.1, 0.15) is 0 Å². The normalized spacial score (nSPS) is 12.4. The lowest BCUT2D eigenvalue weighted by Crippen LogP contribution is -2.43. The van der Waals surface area contributed by atoms with Crippen LogP contribution < -0.4 is 0 Å². The number of carboxylic acids is 1. The van der Waals surface area contributed by atoms with Crippen LogP contribution >= 0.6 is 23.2 Å². The molecule has 0 radical (unpaired) electrons. The second-order valence-corrected chi connectivity index (χ2v) is 4.73. The fraction of sp³-hybridized carbons (Fsp3) is 0.714. The molecule has 0 heterocycles. The average Bonchev–Trinajstić information content (AvgIpc) is 2.00. The van der Waals surface area contributed by atoms with Crippen molar-refractivity contribution in [1.29, 1.82) is 0 Å². The lowest BCUT2D eigenvalue weighted by atomic mass is 9.84. The van der Waals surface area contributed by atoms with Gasteiger partial charge in [0.25, 0.3) is 0 Å². The van der Waals surface area contributed by atoms with Crippen LogP contribution in [0.5, 0.6) is 0 Å². The van der Waals surface area contributed by atoms with Crippen molar-refractivity contribution in [1.82, 2.24) is 0 Å². The first kappa shape index (κ1) is 13.5. The highest BCUT2D eigenvalue weighted by atomic mass is 35.5. The van der Waals surface area contributed by atoms with Gasteiger partial charge in [-0.25, -0.2) is 4.79 Å². The lowest BCUT2D eigenvalue weighted by Gasteiger charge is -2.32. The van der Waals surface area contributed by atoms with Gasteiger partial charge >= 0.3 is 11.9 Å². The Balaban J connectivity index is 4.86. The van der Waals surface area contributed by atoms with Crippen LogP contribution in [0.1, 0.15) is 20.3 Å². The Labute approximate surface area is 90.5 Å². The zero-order chi connectivity index (χ0) is 11.6. The molecule has 0 atom stereocenters. The molecule has 0 aromatic carbocycles. The summed E-state index contributed by atoms with van der Waals surface area (Å²) in [4.78, 5) is 24.8. The van der Waals surface area contributed by atoms with E-state index in [1.807, 2.05) is 0 Å². The molecule has 0 aromatic rings. The number of carbonyl (C=O) groups excluding carboxylic acids is 1. The lowest BCUT2D eigenvalue weighted by molar-refractivity contribution is -0.237. The van der Waals surface area contributed by atoms with E-state index >= 15 is 0 Å². The Hall–Kier alpha value is -0.520. The minimum absolute atomic E-state index is 0.435. The van der Waals surface area contributed by atoms with Gasteiger partial charge in [0.05, 0.1) is 6.42 Å². The minimum atomic E-state index is -2.11. The summed E-state index contributed by atoms with van der Waals surface area (Å²) in [6.07, 6.45) is -0.435. The highest BCUT2D eigenvalue weighted by molar-refractivity contribution is 6.58. The number of carbonyl (C=O) groups is 2. The van der Waals surface area contributed by atoms with Crippen LogP contribution in [0, 0.1) is 5.41 Å². The summed E-state index contributed by atoms with van der Waals surface area (Å²) in [6.45, 7) is 2.75. The van der Waals surface area contributed by atoms with E-state index in [0.717, 1.165) is 0 Å². The Morgan fingerprint density at radius 2 is 1.79 bits per heavy atom. The topological polar surface area (TPSA) is 83.8 Å². The van der Waals surface area contributed by atoms with Gasteiger partial charge in [0, 0.05) is 5.41 Å². The standard InChI is InChI=1S/C7H10Cl2O5/c1-6(2,3-4(10)11)7(8,9)5(12)14-13/h13H,3H2,1-2H3,(H,10,11). The predicted molar refractivity (Wildman–Crippen MR) is 49.2 cm³/mol. The number of carboxylic acid groups (broad SMARTS) is 1. The van der Waals surface area contributed by atoms with Crippen molar-refractivity contribution in [3.05, 3.63) is 0 Å². The van der Waals surface area contributed by atoms with E-state index in [2.05, 4.69) is 4.89 Å². The van der Waals surface area contributed by atoms with E-state index in [1.54, 1.807) is 0 Å². The number of halogens is 2. The Kier molecular flexibility index (Phi) is 4.17. The monoisotopic (exact) mass is 244 g/mol. The fourth-order valence-electron chi connectivity index (χ4n) is 0.823. The van der Waals surface area contributed by atoms with Crippen molar-refractivity contribution in [3.8, 4) is 0 Å². The second kappa shape index (κ2) is 4.33. The fourth-order valence-corrected chi connectivity index (χ4v) is 1.03. The molecule has 0 unspecified atom stereocenters. The van der Waals surface area contributed by atoms with Gasteiger partial charge in [0.15, 0.2) is 0 Å². The molecule has 5 nitrogen and oxygen atoms in total. The molecule has 0 aliphatic rings. The molecular weight excluding hydrogens is 235 g/mol. The minimum Gasteiger partial charge on any atom is -0.481 e. The third-order valence-electron chi connectivity index (χ3n) is 1.78. The SMILES string of the molecule is CC(C)(CC(=O)O)C(Cl)(Cl)C(=O)OO. The summed E-state index contributed by atoms with van der Waals surface area (Å²) >= 11 is 11.2. The highest BCUT2D eigenvalue weighted by Gasteiger charge is 2.51. The Bertz CT molecular complexity index is 248. The van der Waals surface area contributed by atoms with Gasteiger partial charge in [-0.15, -0.1) is 0 Å². The van der Waals surface area contributed by atoms with Crippen molar-refractivity contribution >= 4 is 35.1 Å². The summed E-state index contributed by atoms with van der Waals surface area (Å²) in [5, 5.41) is 16.6. The number of aliphatic carboxylic acids is 1. The summed E-state index contributed by atoms with van der Waals surface area (Å²) in [5.41, 5.74) is -1.26. The quantitative estimate of drug-likeness (QED) is 0.447. The van der Waals surface area contributed by atoms with Crippen LogP contribution in [0.15, 0.2) is 0 Å². The van der Waals surface area contributed by atoms with E-state index < -0.39 is 28.1 Å². The molecule has 0 bridgehead atoms. The van der Waals surface area contributed by atoms with Crippen LogP contribution in [0.25, 0.3) is 0 Å². The number of rotatable bonds is 4. The van der Waals surface area contributed by atoms with E-state index in [-0.39, 0.29) is 0 Å². The largest absolute Gasteiger partial charge is 0.481 e. The predicted octanol–water partition coefficient (Wildman–Crippen LogP) is 1.68. The molecule has 0 rings (SSSR count). The average molecular weight is 245 g/mol. The van der Waals surface area contributed by atoms with Crippen molar-refractivity contribution in [2.45, 2.75) is 24.6 Å². The van der Waals surface area contributed by atoms with E-state index in [4.69, 9.17) is 33.6 Å². The number of alkyl halides is 2. The summed E-state index contributed by atoms with van der Waals surface area (Å²) in [7, 11) is 0. The third-order valence-corrected chi connectivity index (χ3v) is 3.11. The maximum atomic E-state index is 10.9. The van der Waals surface area contributed by atoms with Gasteiger partial charge < -0.3 is 5.11 Å². The number of hydrogen-bond donors (Lipinski definition) is 2. The van der Waals surface area contributed by atoms with E-state index in [0.29, 0.717) is 0 Å². The number of hydrogen-bond acceptors (Lipinski definition) is 4. The van der Waals surface area contributed by atoms with Crippen LogP contribution in [-0.4, -0.2) is 26.6 Å². The van der Waals surface area contributed by atoms with E-state index in [9.17, 15) is 9.59 Å². The first-order chi connectivity index (χ1) is 6.15. The first-order valence-electron chi connectivity index (χ1n) is 3.60. The van der Waals surface area contributed by atoms with Crippen molar-refractivity contribution in [3.63, 3.8) is 0 Å². The molecule has 0 fully saturated rings. The summed E-state index contributed by atoms with van der Waals surface area (Å²) < 4.78 is -2.11. The molecule has 0 aliphatic heterocycles. The molecule has 0 aromatic heterocycles. The third kappa shape index (κ3) is 2.73. The highest BCUT2D eigenvalue weighted by Crippen LogP contribution is 2.44. The Morgan fingerprint density at radius 1 is 1.36 bits per heavy atom. The maximum Gasteiger partial charge on any atom is 0.378 e. The summed E-state index contributed by atoms with van der Waals surface area (Å²) in [6, 6.07) is 0. The van der Waals surface area contributed by atoms with Crippen molar-refractivity contribution in [2.24, 2.45) is 5.41 Å². The molecular formula is C7H10Cl2O5. The smallest absolute Gasteiger partial charge is 0.378 e. The van der Waals surface area contributed by atoms with Crippen molar-refractivity contribution in [2.75, 3.05) is 0 Å². The van der Waals surface area contributed by atoms with Gasteiger partial charge in [0.2, 0.25) is 4.33 Å². The van der Waals surface area contributed by atoms with Crippen LogP contribution in [0.2, 0.25) is 0 Å². The molecule has 0 aliphatic carbocycles. The molecule has 82 valence electrons. The molecule has 7 heteroatoms. The van der Waals surface area contributed by atoms with Gasteiger partial charge in [-0.1, -0.05) is 37.0 Å². The van der Waals surface area contributed by atoms with Crippen LogP contribution in [0.3, 0.4) is 0 Å². The van der Waals surface area contributed by atoms with E-state index in [1.165, 1.54) is 13.8 Å². The molecule has 2 N–H and O–H groups in total. The zero-order valence-electron chi connectivity index (χ0n) is 7.58. The second-order valence-electron chi connectivity index (χ2n) is 3.41. The molecule has 0 spiro atoms. The van der Waals surface area contributed by atoms with Gasteiger partial charge in [-0.2, -0.15) is 5.26 Å². The molecule has 14 heavy (non-hydrogen) atoms. The summed E-state index contributed by atoms with van der Waals surface area (Å²) in [5.74, 6) is -2.46. The van der Waals surface area contributed by atoms with Gasteiger partial charge in [-0.05, 0) is 0 Å². The maximum absolute atomic E-state index is 10.9. The first-order valence-corrected chi connectivity index (χ1v) is 4.36. The van der Waals surface area contributed by atoms with Crippen LogP contribution in [0.4, 0.5) is 0 Å². The van der Waals surface area contributed by atoms with Gasteiger partial charge in [-0.3, -0.25) is 9.68 Å². The Morgan fingerprint density at radius 3 is 2.07 bits per heavy atom. The zero-order valence-corrected chi connectivity index (χ0v) is 9.09. The molecule has 0 saturated heterocycles. The molecule has 0 saturated carbocycles.